The minimum Gasteiger partial charge on any atom is -0.361 e. The van der Waals surface area contributed by atoms with Crippen LogP contribution < -0.4 is 5.32 Å². The average Bonchev–Trinajstić information content (AvgIpc) is 3.12. The lowest BCUT2D eigenvalue weighted by molar-refractivity contribution is 0.345. The zero-order chi connectivity index (χ0) is 17.8. The van der Waals surface area contributed by atoms with E-state index in [1.54, 1.807) is 0 Å². The third-order valence-corrected chi connectivity index (χ3v) is 5.70. The van der Waals surface area contributed by atoms with Crippen molar-refractivity contribution in [1.29, 1.82) is 5.26 Å². The van der Waals surface area contributed by atoms with Gasteiger partial charge < -0.3 is 10.3 Å². The van der Waals surface area contributed by atoms with Crippen molar-refractivity contribution >= 4 is 10.9 Å². The topological polar surface area (TPSA) is 51.6 Å². The van der Waals surface area contributed by atoms with Gasteiger partial charge in [0, 0.05) is 23.1 Å². The van der Waals surface area contributed by atoms with Crippen LogP contribution in [0.5, 0.6) is 0 Å². The van der Waals surface area contributed by atoms with E-state index < -0.39 is 0 Å². The van der Waals surface area contributed by atoms with Crippen molar-refractivity contribution in [1.82, 2.24) is 10.3 Å². The molecule has 0 radical (unpaired) electrons. The standard InChI is InChI=1S/C23H25N3/c24-15-18-6-11-23-21(14-18)22(16-26-23)19-7-9-20(10-8-19)25-13-12-17-4-2-1-3-5-17/h1-6,11,14,16,19-20,25-26H,7-10,12-13H2. The van der Waals surface area contributed by atoms with Gasteiger partial charge in [-0.3, -0.25) is 0 Å². The lowest BCUT2D eigenvalue weighted by Gasteiger charge is -2.29. The van der Waals surface area contributed by atoms with E-state index >= 15 is 0 Å². The van der Waals surface area contributed by atoms with E-state index in [1.165, 1.54) is 42.2 Å². The van der Waals surface area contributed by atoms with Crippen LogP contribution >= 0.6 is 0 Å². The molecule has 1 fully saturated rings. The average molecular weight is 343 g/mol. The van der Waals surface area contributed by atoms with E-state index in [4.69, 9.17) is 5.26 Å². The molecule has 4 rings (SSSR count). The zero-order valence-corrected chi connectivity index (χ0v) is 15.0. The maximum atomic E-state index is 9.17. The number of hydrogen-bond donors (Lipinski definition) is 2. The predicted octanol–water partition coefficient (Wildman–Crippen LogP) is 4.90. The summed E-state index contributed by atoms with van der Waals surface area (Å²) in [5.41, 5.74) is 4.68. The number of rotatable bonds is 5. The SMILES string of the molecule is N#Cc1ccc2[nH]cc(C3CCC(NCCc4ccccc4)CC3)c2c1. The molecule has 1 aromatic heterocycles. The predicted molar refractivity (Wildman–Crippen MR) is 106 cm³/mol. The highest BCUT2D eigenvalue weighted by Crippen LogP contribution is 2.36. The highest BCUT2D eigenvalue weighted by atomic mass is 14.9. The lowest BCUT2D eigenvalue weighted by Crippen LogP contribution is -2.34. The molecule has 0 spiro atoms. The van der Waals surface area contributed by atoms with Crippen LogP contribution in [0.1, 0.15) is 48.3 Å². The smallest absolute Gasteiger partial charge is 0.0991 e. The van der Waals surface area contributed by atoms with E-state index in [0.717, 1.165) is 24.0 Å². The van der Waals surface area contributed by atoms with Crippen LogP contribution in [0.3, 0.4) is 0 Å². The van der Waals surface area contributed by atoms with Gasteiger partial charge in [-0.25, -0.2) is 0 Å². The first kappa shape index (κ1) is 16.9. The number of aromatic nitrogens is 1. The molecule has 1 heterocycles. The van der Waals surface area contributed by atoms with Crippen LogP contribution in [0, 0.1) is 11.3 Å². The third-order valence-electron chi connectivity index (χ3n) is 5.70. The molecule has 0 unspecified atom stereocenters. The van der Waals surface area contributed by atoms with Crippen LogP contribution in [0.15, 0.2) is 54.7 Å². The molecular weight excluding hydrogens is 318 g/mol. The van der Waals surface area contributed by atoms with Gasteiger partial charge in [0.05, 0.1) is 11.6 Å². The molecule has 3 nitrogen and oxygen atoms in total. The Morgan fingerprint density at radius 1 is 1.04 bits per heavy atom. The monoisotopic (exact) mass is 343 g/mol. The molecule has 26 heavy (non-hydrogen) atoms. The van der Waals surface area contributed by atoms with Crippen molar-refractivity contribution < 1.29 is 0 Å². The molecule has 0 atom stereocenters. The van der Waals surface area contributed by atoms with Crippen molar-refractivity contribution in [3.8, 4) is 6.07 Å². The molecule has 3 aromatic rings. The van der Waals surface area contributed by atoms with E-state index in [0.29, 0.717) is 12.0 Å². The molecule has 0 bridgehead atoms. The Bertz CT molecular complexity index is 896. The van der Waals surface area contributed by atoms with E-state index in [-0.39, 0.29) is 0 Å². The fourth-order valence-electron chi connectivity index (χ4n) is 4.22. The van der Waals surface area contributed by atoms with Gasteiger partial charge in [-0.15, -0.1) is 0 Å². The first-order chi connectivity index (χ1) is 12.8. The minimum atomic E-state index is 0.602. The van der Waals surface area contributed by atoms with Gasteiger partial charge in [-0.2, -0.15) is 5.26 Å². The minimum absolute atomic E-state index is 0.602. The number of fused-ring (bicyclic) bond motifs is 1. The van der Waals surface area contributed by atoms with Crippen molar-refractivity contribution in [2.24, 2.45) is 0 Å². The van der Waals surface area contributed by atoms with Gasteiger partial charge in [0.2, 0.25) is 0 Å². The second kappa shape index (κ2) is 7.76. The molecule has 1 saturated carbocycles. The zero-order valence-electron chi connectivity index (χ0n) is 15.0. The quantitative estimate of drug-likeness (QED) is 0.692. The maximum Gasteiger partial charge on any atom is 0.0991 e. The fourth-order valence-corrected chi connectivity index (χ4v) is 4.22. The number of nitriles is 1. The van der Waals surface area contributed by atoms with E-state index in [2.05, 4.69) is 52.9 Å². The number of nitrogens with one attached hydrogen (secondary N) is 2. The molecule has 2 aromatic carbocycles. The summed E-state index contributed by atoms with van der Waals surface area (Å²) >= 11 is 0. The number of hydrogen-bond acceptors (Lipinski definition) is 2. The Kier molecular flexibility index (Phi) is 5.04. The van der Waals surface area contributed by atoms with Gasteiger partial charge in [-0.1, -0.05) is 30.3 Å². The summed E-state index contributed by atoms with van der Waals surface area (Å²) < 4.78 is 0. The first-order valence-electron chi connectivity index (χ1n) is 9.62. The molecule has 0 aliphatic heterocycles. The molecule has 3 heteroatoms. The number of H-pyrrole nitrogens is 1. The molecular formula is C23H25N3. The second-order valence-electron chi connectivity index (χ2n) is 7.35. The van der Waals surface area contributed by atoms with Gasteiger partial charge in [0.1, 0.15) is 0 Å². The molecule has 132 valence electrons. The van der Waals surface area contributed by atoms with E-state index in [1.807, 2.05) is 18.2 Å². The van der Waals surface area contributed by atoms with Crippen LogP contribution in [0.2, 0.25) is 0 Å². The maximum absolute atomic E-state index is 9.17. The lowest BCUT2D eigenvalue weighted by atomic mass is 9.81. The van der Waals surface area contributed by atoms with Crippen molar-refractivity contribution in [3.63, 3.8) is 0 Å². The van der Waals surface area contributed by atoms with Crippen LogP contribution in [0.25, 0.3) is 10.9 Å². The Morgan fingerprint density at radius 3 is 2.62 bits per heavy atom. The fraction of sp³-hybridized carbons (Fsp3) is 0.348. The molecule has 1 aliphatic rings. The second-order valence-corrected chi connectivity index (χ2v) is 7.35. The summed E-state index contributed by atoms with van der Waals surface area (Å²) in [5.74, 6) is 0.602. The van der Waals surface area contributed by atoms with Gasteiger partial charge >= 0.3 is 0 Å². The molecule has 1 aliphatic carbocycles. The summed E-state index contributed by atoms with van der Waals surface area (Å²) in [6.07, 6.45) is 8.13. The summed E-state index contributed by atoms with van der Waals surface area (Å²) in [6.45, 7) is 1.05. The Balaban J connectivity index is 1.33. The van der Waals surface area contributed by atoms with E-state index in [9.17, 15) is 0 Å². The summed E-state index contributed by atoms with van der Waals surface area (Å²) in [5, 5.41) is 14.1. The summed E-state index contributed by atoms with van der Waals surface area (Å²) in [6, 6.07) is 19.5. The number of nitrogens with zero attached hydrogens (tertiary/aromatic N) is 1. The van der Waals surface area contributed by atoms with Crippen molar-refractivity contribution in [2.45, 2.75) is 44.1 Å². The normalized spacial score (nSPS) is 20.1. The Morgan fingerprint density at radius 2 is 1.85 bits per heavy atom. The van der Waals surface area contributed by atoms with Gasteiger partial charge in [-0.05, 0) is 73.9 Å². The van der Waals surface area contributed by atoms with Gasteiger partial charge in [0.15, 0.2) is 0 Å². The van der Waals surface area contributed by atoms with Crippen LogP contribution in [-0.4, -0.2) is 17.6 Å². The molecule has 0 amide bonds. The summed E-state index contributed by atoms with van der Waals surface area (Å²) in [7, 11) is 0. The molecule has 0 saturated heterocycles. The third kappa shape index (κ3) is 3.66. The van der Waals surface area contributed by atoms with Crippen LogP contribution in [0.4, 0.5) is 0 Å². The van der Waals surface area contributed by atoms with Crippen molar-refractivity contribution in [3.05, 3.63) is 71.4 Å². The first-order valence-corrected chi connectivity index (χ1v) is 9.62. The Hall–Kier alpha value is -2.57. The highest BCUT2D eigenvalue weighted by molar-refractivity contribution is 5.85. The van der Waals surface area contributed by atoms with Crippen LogP contribution in [-0.2, 0) is 6.42 Å². The Labute approximate surface area is 155 Å². The number of benzene rings is 2. The van der Waals surface area contributed by atoms with Crippen molar-refractivity contribution in [2.75, 3.05) is 6.54 Å². The number of aromatic amines is 1. The summed E-state index contributed by atoms with van der Waals surface area (Å²) in [4.78, 5) is 3.38. The largest absolute Gasteiger partial charge is 0.361 e. The van der Waals surface area contributed by atoms with Gasteiger partial charge in [0.25, 0.3) is 0 Å². The molecule has 2 N–H and O–H groups in total. The highest BCUT2D eigenvalue weighted by Gasteiger charge is 2.24.